The van der Waals surface area contributed by atoms with Gasteiger partial charge < -0.3 is 15.2 Å². The van der Waals surface area contributed by atoms with Crippen LogP contribution in [0.1, 0.15) is 23.0 Å². The summed E-state index contributed by atoms with van der Waals surface area (Å²) in [5.74, 6) is 0.460. The van der Waals surface area contributed by atoms with Crippen molar-refractivity contribution in [2.75, 3.05) is 19.8 Å². The first kappa shape index (κ1) is 15.5. The largest absolute Gasteiger partial charge is 0.492 e. The van der Waals surface area contributed by atoms with Gasteiger partial charge in [0.2, 0.25) is 0 Å². The number of rotatable bonds is 7. The number of ether oxygens (including phenoxy) is 1. The summed E-state index contributed by atoms with van der Waals surface area (Å²) in [4.78, 5) is 13.8. The Morgan fingerprint density at radius 1 is 1.33 bits per heavy atom. The van der Waals surface area contributed by atoms with Gasteiger partial charge >= 0.3 is 0 Å². The third kappa shape index (κ3) is 4.06. The molecule has 2 aromatic rings. The van der Waals surface area contributed by atoms with Crippen LogP contribution in [0.3, 0.4) is 0 Å². The molecule has 0 spiro atoms. The minimum Gasteiger partial charge on any atom is -0.492 e. The lowest BCUT2D eigenvalue weighted by molar-refractivity contribution is 0.0952. The molecule has 0 atom stereocenters. The Morgan fingerprint density at radius 3 is 2.76 bits per heavy atom. The molecule has 0 aliphatic heterocycles. The molecule has 0 unspecified atom stereocenters. The number of amides is 1. The highest BCUT2D eigenvalue weighted by Crippen LogP contribution is 2.36. The number of aliphatic hydroxyl groups excluding tert-OH is 1. The van der Waals surface area contributed by atoms with Crippen LogP contribution in [0.2, 0.25) is 0 Å². The topological polar surface area (TPSA) is 58.6 Å². The number of thiophene rings is 1. The van der Waals surface area contributed by atoms with Crippen molar-refractivity contribution in [2.24, 2.45) is 0 Å². The Kier molecular flexibility index (Phi) is 5.78. The highest BCUT2D eigenvalue weighted by atomic mass is 32.1. The second-order valence-corrected chi connectivity index (χ2v) is 5.49. The molecular formula is C16H19NO3S. The molecule has 5 heteroatoms. The minimum atomic E-state index is -0.154. The zero-order valence-electron chi connectivity index (χ0n) is 12.0. The average Bonchev–Trinajstić information content (AvgIpc) is 2.93. The normalized spacial score (nSPS) is 10.4. The zero-order chi connectivity index (χ0) is 15.1. The van der Waals surface area contributed by atoms with Crippen LogP contribution in [0.15, 0.2) is 36.4 Å². The van der Waals surface area contributed by atoms with E-state index in [0.717, 1.165) is 10.4 Å². The maximum Gasteiger partial charge on any atom is 0.265 e. The summed E-state index contributed by atoms with van der Waals surface area (Å²) in [6.45, 7) is 2.94. The quantitative estimate of drug-likeness (QED) is 0.773. The number of hydrogen-bond donors (Lipinski definition) is 2. The van der Waals surface area contributed by atoms with E-state index in [2.05, 4.69) is 5.32 Å². The predicted octanol–water partition coefficient (Wildman–Crippen LogP) is 2.93. The Labute approximate surface area is 128 Å². The molecule has 0 saturated carbocycles. The Bertz CT molecular complexity index is 580. The first-order valence-electron chi connectivity index (χ1n) is 6.97. The van der Waals surface area contributed by atoms with Crippen molar-refractivity contribution in [3.05, 3.63) is 41.3 Å². The molecule has 0 aliphatic carbocycles. The molecule has 21 heavy (non-hydrogen) atoms. The highest BCUT2D eigenvalue weighted by Gasteiger charge is 2.17. The summed E-state index contributed by atoms with van der Waals surface area (Å²) in [7, 11) is 0. The molecule has 2 rings (SSSR count). The number of nitrogens with one attached hydrogen (secondary N) is 1. The minimum absolute atomic E-state index is 0.0678. The first-order chi connectivity index (χ1) is 10.3. The second-order valence-electron chi connectivity index (χ2n) is 4.44. The van der Waals surface area contributed by atoms with Gasteiger partial charge in [-0.1, -0.05) is 30.3 Å². The van der Waals surface area contributed by atoms with Crippen LogP contribution < -0.4 is 10.1 Å². The molecule has 112 valence electrons. The van der Waals surface area contributed by atoms with Crippen LogP contribution in [0.5, 0.6) is 5.75 Å². The fourth-order valence-electron chi connectivity index (χ4n) is 1.90. The third-order valence-corrected chi connectivity index (χ3v) is 4.05. The van der Waals surface area contributed by atoms with Crippen LogP contribution in [0, 0.1) is 0 Å². The van der Waals surface area contributed by atoms with Crippen molar-refractivity contribution >= 4 is 17.2 Å². The molecule has 1 heterocycles. The second kappa shape index (κ2) is 7.81. The Hall–Kier alpha value is -1.85. The summed E-state index contributed by atoms with van der Waals surface area (Å²) in [6.07, 6.45) is 0.548. The smallest absolute Gasteiger partial charge is 0.265 e. The standard InChI is InChI=1S/C16H19NO3S/c1-2-20-13-11-14(12-7-4-3-5-8-12)21-15(13)16(19)17-9-6-10-18/h3-5,7-8,11,18H,2,6,9-10H2,1H3,(H,17,19). The van der Waals surface area contributed by atoms with E-state index in [9.17, 15) is 4.79 Å². The predicted molar refractivity (Wildman–Crippen MR) is 85.0 cm³/mol. The summed E-state index contributed by atoms with van der Waals surface area (Å²) in [5, 5.41) is 11.6. The van der Waals surface area contributed by atoms with E-state index in [1.807, 2.05) is 43.3 Å². The van der Waals surface area contributed by atoms with Crippen LogP contribution in [0.25, 0.3) is 10.4 Å². The molecule has 2 N–H and O–H groups in total. The molecule has 1 aromatic heterocycles. The van der Waals surface area contributed by atoms with Gasteiger partial charge in [-0.3, -0.25) is 4.79 Å². The van der Waals surface area contributed by atoms with E-state index in [0.29, 0.717) is 30.2 Å². The fraction of sp³-hybridized carbons (Fsp3) is 0.312. The van der Waals surface area contributed by atoms with Crippen molar-refractivity contribution in [3.63, 3.8) is 0 Å². The lowest BCUT2D eigenvalue weighted by atomic mass is 10.2. The molecule has 0 aliphatic rings. The van der Waals surface area contributed by atoms with E-state index in [1.165, 1.54) is 11.3 Å². The monoisotopic (exact) mass is 305 g/mol. The van der Waals surface area contributed by atoms with E-state index in [1.54, 1.807) is 0 Å². The van der Waals surface area contributed by atoms with Crippen molar-refractivity contribution < 1.29 is 14.6 Å². The Balaban J connectivity index is 2.23. The third-order valence-electron chi connectivity index (χ3n) is 2.88. The number of aliphatic hydroxyl groups is 1. The van der Waals surface area contributed by atoms with Crippen molar-refractivity contribution in [1.29, 1.82) is 0 Å². The summed E-state index contributed by atoms with van der Waals surface area (Å²) in [6, 6.07) is 11.8. The Morgan fingerprint density at radius 2 is 2.10 bits per heavy atom. The van der Waals surface area contributed by atoms with Gasteiger partial charge in [-0.2, -0.15) is 0 Å². The molecule has 1 aromatic carbocycles. The highest BCUT2D eigenvalue weighted by molar-refractivity contribution is 7.17. The number of carbonyl (C=O) groups is 1. The van der Waals surface area contributed by atoms with Gasteiger partial charge in [-0.25, -0.2) is 0 Å². The van der Waals surface area contributed by atoms with Gasteiger partial charge in [0.25, 0.3) is 5.91 Å². The maximum atomic E-state index is 12.2. The fourth-order valence-corrected chi connectivity index (χ4v) is 2.92. The molecule has 1 amide bonds. The van der Waals surface area contributed by atoms with Crippen molar-refractivity contribution in [3.8, 4) is 16.2 Å². The average molecular weight is 305 g/mol. The van der Waals surface area contributed by atoms with Crippen LogP contribution in [-0.2, 0) is 0 Å². The number of benzene rings is 1. The summed E-state index contributed by atoms with van der Waals surface area (Å²) >= 11 is 1.42. The molecule has 0 bridgehead atoms. The van der Waals surface area contributed by atoms with Crippen molar-refractivity contribution in [2.45, 2.75) is 13.3 Å². The summed E-state index contributed by atoms with van der Waals surface area (Å²) in [5.41, 5.74) is 1.07. The lowest BCUT2D eigenvalue weighted by Crippen LogP contribution is -2.24. The molecule has 0 radical (unpaired) electrons. The molecular weight excluding hydrogens is 286 g/mol. The van der Waals surface area contributed by atoms with E-state index >= 15 is 0 Å². The van der Waals surface area contributed by atoms with Gasteiger partial charge in [0.15, 0.2) is 0 Å². The first-order valence-corrected chi connectivity index (χ1v) is 7.79. The number of hydrogen-bond acceptors (Lipinski definition) is 4. The van der Waals surface area contributed by atoms with Crippen LogP contribution in [-0.4, -0.2) is 30.8 Å². The van der Waals surface area contributed by atoms with E-state index in [-0.39, 0.29) is 12.5 Å². The van der Waals surface area contributed by atoms with Crippen LogP contribution in [0.4, 0.5) is 0 Å². The lowest BCUT2D eigenvalue weighted by Gasteiger charge is -2.05. The van der Waals surface area contributed by atoms with Gasteiger partial charge in [0.1, 0.15) is 10.6 Å². The van der Waals surface area contributed by atoms with Gasteiger partial charge in [-0.05, 0) is 25.0 Å². The van der Waals surface area contributed by atoms with Gasteiger partial charge in [-0.15, -0.1) is 11.3 Å². The molecule has 4 nitrogen and oxygen atoms in total. The zero-order valence-corrected chi connectivity index (χ0v) is 12.8. The van der Waals surface area contributed by atoms with E-state index < -0.39 is 0 Å². The number of carbonyl (C=O) groups excluding carboxylic acids is 1. The van der Waals surface area contributed by atoms with Crippen LogP contribution >= 0.6 is 11.3 Å². The van der Waals surface area contributed by atoms with Crippen molar-refractivity contribution in [1.82, 2.24) is 5.32 Å². The maximum absolute atomic E-state index is 12.2. The summed E-state index contributed by atoms with van der Waals surface area (Å²) < 4.78 is 5.57. The van der Waals surface area contributed by atoms with Gasteiger partial charge in [0.05, 0.1) is 6.61 Å². The van der Waals surface area contributed by atoms with Gasteiger partial charge in [0, 0.05) is 18.0 Å². The SMILES string of the molecule is CCOc1cc(-c2ccccc2)sc1C(=O)NCCCO. The molecule has 0 fully saturated rings. The molecule has 0 saturated heterocycles. The van der Waals surface area contributed by atoms with E-state index in [4.69, 9.17) is 9.84 Å².